The standard InChI is InChI=1S/C34H45N7O3/c1-3-28-33(43)39(2)29-16-35-34(38-31(29)41(28)24-6-4-5-7-24)37-27-11-10-26(25-12-13-44-30(25)27)32(42)36-23-14-21-18-40(17-20-8-9-20)19-22(21)15-23/h10-11,16,20-24,28H,3-9,12-15,17-19H2,1-2H3,(H,36,42)(H,35,37,38)/t21-,22+,23+,28-/m1/s1. The van der Waals surface area contributed by atoms with Crippen molar-refractivity contribution in [1.82, 2.24) is 20.2 Å². The van der Waals surface area contributed by atoms with E-state index in [0.29, 0.717) is 48.2 Å². The molecule has 4 atom stereocenters. The zero-order valence-corrected chi connectivity index (χ0v) is 26.1. The quantitative estimate of drug-likeness (QED) is 0.457. The zero-order valence-electron chi connectivity index (χ0n) is 26.1. The molecule has 8 rings (SSSR count). The van der Waals surface area contributed by atoms with Gasteiger partial charge in [0.05, 0.1) is 18.5 Å². The molecule has 2 N–H and O–H groups in total. The summed E-state index contributed by atoms with van der Waals surface area (Å²) in [5.41, 5.74) is 3.17. The molecule has 0 spiro atoms. The fourth-order valence-electron chi connectivity index (χ4n) is 8.76. The van der Waals surface area contributed by atoms with E-state index in [2.05, 4.69) is 32.3 Å². The summed E-state index contributed by atoms with van der Waals surface area (Å²) in [4.78, 5) is 43.0. The van der Waals surface area contributed by atoms with Gasteiger partial charge < -0.3 is 30.1 Å². The average molecular weight is 600 g/mol. The first-order valence-corrected chi connectivity index (χ1v) is 17.0. The number of ether oxygens (including phenoxy) is 1. The Kier molecular flexibility index (Phi) is 7.15. The van der Waals surface area contributed by atoms with Gasteiger partial charge in [-0.15, -0.1) is 0 Å². The van der Waals surface area contributed by atoms with E-state index in [1.807, 2.05) is 19.2 Å². The van der Waals surface area contributed by atoms with Crippen LogP contribution >= 0.6 is 0 Å². The first-order chi connectivity index (χ1) is 21.5. The van der Waals surface area contributed by atoms with Crippen molar-refractivity contribution >= 4 is 35.0 Å². The highest BCUT2D eigenvalue weighted by atomic mass is 16.5. The van der Waals surface area contributed by atoms with Crippen molar-refractivity contribution in [2.24, 2.45) is 17.8 Å². The summed E-state index contributed by atoms with van der Waals surface area (Å²) in [7, 11) is 1.82. The van der Waals surface area contributed by atoms with Crippen LogP contribution in [0.3, 0.4) is 0 Å². The maximum atomic E-state index is 13.5. The fraction of sp³-hybridized carbons (Fsp3) is 0.647. The molecule has 3 saturated carbocycles. The summed E-state index contributed by atoms with van der Waals surface area (Å²) >= 11 is 0. The van der Waals surface area contributed by atoms with E-state index < -0.39 is 0 Å². The Bertz CT molecular complexity index is 1440. The molecule has 4 fully saturated rings. The second-order valence-corrected chi connectivity index (χ2v) is 14.1. The maximum absolute atomic E-state index is 13.5. The monoisotopic (exact) mass is 599 g/mol. The van der Waals surface area contributed by atoms with E-state index in [1.165, 1.54) is 45.3 Å². The number of nitrogens with one attached hydrogen (secondary N) is 2. The minimum absolute atomic E-state index is 0.00802. The predicted octanol–water partition coefficient (Wildman–Crippen LogP) is 4.51. The number of hydrogen-bond donors (Lipinski definition) is 2. The van der Waals surface area contributed by atoms with Crippen LogP contribution in [0.1, 0.15) is 80.6 Å². The van der Waals surface area contributed by atoms with Gasteiger partial charge in [-0.05, 0) is 74.8 Å². The Morgan fingerprint density at radius 1 is 1.09 bits per heavy atom. The number of nitrogens with zero attached hydrogens (tertiary/aromatic N) is 5. The first-order valence-electron chi connectivity index (χ1n) is 17.0. The van der Waals surface area contributed by atoms with Crippen LogP contribution in [0.25, 0.3) is 0 Å². The van der Waals surface area contributed by atoms with Crippen molar-refractivity contribution in [1.29, 1.82) is 0 Å². The fourth-order valence-corrected chi connectivity index (χ4v) is 8.76. The minimum atomic E-state index is -0.218. The van der Waals surface area contributed by atoms with Crippen LogP contribution in [0.2, 0.25) is 0 Å². The number of carbonyl (C=O) groups is 2. The van der Waals surface area contributed by atoms with Gasteiger partial charge in [0.1, 0.15) is 17.5 Å². The molecule has 234 valence electrons. The molecule has 3 aliphatic heterocycles. The molecule has 44 heavy (non-hydrogen) atoms. The number of hydrogen-bond acceptors (Lipinski definition) is 8. The number of anilines is 4. The van der Waals surface area contributed by atoms with Crippen molar-refractivity contribution in [3.05, 3.63) is 29.5 Å². The molecular formula is C34H45N7O3. The number of fused-ring (bicyclic) bond motifs is 3. The molecule has 1 aromatic heterocycles. The van der Waals surface area contributed by atoms with Gasteiger partial charge in [-0.25, -0.2) is 4.98 Å². The molecule has 1 aromatic carbocycles. The van der Waals surface area contributed by atoms with Crippen LogP contribution in [0.4, 0.5) is 23.1 Å². The van der Waals surface area contributed by atoms with Crippen LogP contribution in [0.5, 0.6) is 5.75 Å². The van der Waals surface area contributed by atoms with Crippen molar-refractivity contribution in [3.8, 4) is 5.75 Å². The lowest BCUT2D eigenvalue weighted by Gasteiger charge is -2.43. The molecule has 4 heterocycles. The van der Waals surface area contributed by atoms with Gasteiger partial charge in [0.15, 0.2) is 5.82 Å². The minimum Gasteiger partial charge on any atom is -0.491 e. The molecule has 3 aliphatic carbocycles. The third kappa shape index (κ3) is 4.99. The van der Waals surface area contributed by atoms with Crippen LogP contribution in [-0.4, -0.2) is 78.1 Å². The lowest BCUT2D eigenvalue weighted by molar-refractivity contribution is -0.120. The topological polar surface area (TPSA) is 103 Å². The zero-order chi connectivity index (χ0) is 29.9. The van der Waals surface area contributed by atoms with Gasteiger partial charge in [0.2, 0.25) is 11.9 Å². The number of benzene rings is 1. The van der Waals surface area contributed by atoms with Gasteiger partial charge >= 0.3 is 0 Å². The Balaban J connectivity index is 0.990. The average Bonchev–Trinajstić information content (AvgIpc) is 3.42. The molecular weight excluding hydrogens is 554 g/mol. The van der Waals surface area contributed by atoms with Gasteiger partial charge in [-0.2, -0.15) is 4.98 Å². The highest BCUT2D eigenvalue weighted by Gasteiger charge is 2.43. The molecule has 0 radical (unpaired) electrons. The number of aromatic nitrogens is 2. The summed E-state index contributed by atoms with van der Waals surface area (Å²) in [6.45, 7) is 6.30. The number of likely N-dealkylation sites (N-methyl/N-ethyl adjacent to an activating group) is 1. The summed E-state index contributed by atoms with van der Waals surface area (Å²) in [5.74, 6) is 4.47. The Labute approximate surface area is 259 Å². The van der Waals surface area contributed by atoms with Crippen LogP contribution in [0, 0.1) is 17.8 Å². The summed E-state index contributed by atoms with van der Waals surface area (Å²) < 4.78 is 6.09. The van der Waals surface area contributed by atoms with E-state index in [9.17, 15) is 9.59 Å². The maximum Gasteiger partial charge on any atom is 0.251 e. The molecule has 10 nitrogen and oxygen atoms in total. The summed E-state index contributed by atoms with van der Waals surface area (Å²) in [5, 5.41) is 6.78. The van der Waals surface area contributed by atoms with Crippen molar-refractivity contribution in [2.75, 3.05) is 48.4 Å². The van der Waals surface area contributed by atoms with Crippen molar-refractivity contribution < 1.29 is 14.3 Å². The molecule has 2 amide bonds. The van der Waals surface area contributed by atoms with Crippen LogP contribution in [-0.2, 0) is 11.2 Å². The highest BCUT2D eigenvalue weighted by Crippen LogP contribution is 2.43. The molecule has 10 heteroatoms. The molecule has 0 unspecified atom stereocenters. The molecule has 1 saturated heterocycles. The van der Waals surface area contributed by atoms with Crippen LogP contribution < -0.4 is 25.2 Å². The van der Waals surface area contributed by atoms with E-state index >= 15 is 0 Å². The normalized spacial score (nSPS) is 28.2. The highest BCUT2D eigenvalue weighted by molar-refractivity contribution is 6.04. The second-order valence-electron chi connectivity index (χ2n) is 14.1. The smallest absolute Gasteiger partial charge is 0.251 e. The van der Waals surface area contributed by atoms with Gasteiger partial charge in [-0.3, -0.25) is 9.59 Å². The Hall–Kier alpha value is -3.40. The first kappa shape index (κ1) is 28.1. The van der Waals surface area contributed by atoms with E-state index in [4.69, 9.17) is 9.72 Å². The lowest BCUT2D eigenvalue weighted by atomic mass is 10.0. The number of amides is 2. The van der Waals surface area contributed by atoms with Gasteiger partial charge in [0, 0.05) is 56.3 Å². The lowest BCUT2D eigenvalue weighted by Crippen LogP contribution is -2.55. The largest absolute Gasteiger partial charge is 0.491 e. The summed E-state index contributed by atoms with van der Waals surface area (Å²) in [6, 6.07) is 4.18. The number of carbonyl (C=O) groups excluding carboxylic acids is 2. The Morgan fingerprint density at radius 2 is 1.86 bits per heavy atom. The predicted molar refractivity (Wildman–Crippen MR) is 170 cm³/mol. The SMILES string of the molecule is CC[C@@H]1C(=O)N(C)c2cnc(Nc3ccc(C(=O)N[C@H]4C[C@@H]5CN(CC6CC6)C[C@@H]5C4)c4c3OCC4)nc2N1C1CCCC1. The van der Waals surface area contributed by atoms with Crippen molar-refractivity contribution in [2.45, 2.75) is 89.3 Å². The van der Waals surface area contributed by atoms with E-state index in [-0.39, 0.29) is 23.9 Å². The van der Waals surface area contributed by atoms with E-state index in [0.717, 1.165) is 60.8 Å². The molecule has 0 bridgehead atoms. The van der Waals surface area contributed by atoms with Gasteiger partial charge in [0.25, 0.3) is 5.91 Å². The van der Waals surface area contributed by atoms with Gasteiger partial charge in [-0.1, -0.05) is 19.8 Å². The number of rotatable bonds is 8. The molecule has 2 aromatic rings. The second kappa shape index (κ2) is 11.2. The molecule has 6 aliphatic rings. The van der Waals surface area contributed by atoms with E-state index in [1.54, 1.807) is 11.1 Å². The summed E-state index contributed by atoms with van der Waals surface area (Å²) in [6.07, 6.45) is 12.7. The third-order valence-electron chi connectivity index (χ3n) is 11.1. The Morgan fingerprint density at radius 3 is 2.59 bits per heavy atom. The van der Waals surface area contributed by atoms with Crippen molar-refractivity contribution in [3.63, 3.8) is 0 Å². The van der Waals surface area contributed by atoms with Crippen LogP contribution in [0.15, 0.2) is 18.3 Å². The number of likely N-dealkylation sites (tertiary alicyclic amines) is 1. The third-order valence-corrected chi connectivity index (χ3v) is 11.1.